The van der Waals surface area contributed by atoms with Crippen molar-refractivity contribution < 1.29 is 4.79 Å². The summed E-state index contributed by atoms with van der Waals surface area (Å²) in [7, 11) is 0. The molecule has 10 heteroatoms. The molecule has 1 aliphatic carbocycles. The maximum atomic E-state index is 13.0. The lowest BCUT2D eigenvalue weighted by atomic mass is 10.2. The van der Waals surface area contributed by atoms with E-state index >= 15 is 0 Å². The van der Waals surface area contributed by atoms with E-state index in [1.54, 1.807) is 34.3 Å². The molecule has 1 aliphatic rings. The number of amides is 1. The van der Waals surface area contributed by atoms with Gasteiger partial charge in [0.15, 0.2) is 11.5 Å². The highest BCUT2D eigenvalue weighted by Crippen LogP contribution is 2.39. The predicted octanol–water partition coefficient (Wildman–Crippen LogP) is 1.88. The Labute approximate surface area is 171 Å². The highest BCUT2D eigenvalue weighted by atomic mass is 16.2. The Balaban J connectivity index is 1.45. The Kier molecular flexibility index (Phi) is 4.16. The SMILES string of the molecule is Cc1nc2ccc(NC(=O)Cn3nc(C(C)C)n4nc(C5CC5)cc4c3=O)cn2n1. The number of hydrogen-bond donors (Lipinski definition) is 1. The number of aryl methyl sites for hydroxylation is 1. The summed E-state index contributed by atoms with van der Waals surface area (Å²) in [6, 6.07) is 5.36. The van der Waals surface area contributed by atoms with E-state index in [2.05, 4.69) is 25.6 Å². The van der Waals surface area contributed by atoms with E-state index in [0.717, 1.165) is 18.5 Å². The van der Waals surface area contributed by atoms with Crippen LogP contribution in [0.15, 0.2) is 29.2 Å². The van der Waals surface area contributed by atoms with Gasteiger partial charge >= 0.3 is 0 Å². The zero-order valence-corrected chi connectivity index (χ0v) is 17.0. The van der Waals surface area contributed by atoms with Gasteiger partial charge < -0.3 is 5.32 Å². The van der Waals surface area contributed by atoms with Crippen molar-refractivity contribution in [3.05, 3.63) is 52.1 Å². The van der Waals surface area contributed by atoms with Crippen molar-refractivity contribution in [3.63, 3.8) is 0 Å². The van der Waals surface area contributed by atoms with Crippen LogP contribution in [0, 0.1) is 6.92 Å². The number of aromatic nitrogens is 7. The monoisotopic (exact) mass is 406 g/mol. The van der Waals surface area contributed by atoms with Crippen LogP contribution in [-0.4, -0.2) is 39.9 Å². The van der Waals surface area contributed by atoms with Gasteiger partial charge in [-0.1, -0.05) is 13.8 Å². The van der Waals surface area contributed by atoms with Crippen LogP contribution >= 0.6 is 0 Å². The normalized spacial score (nSPS) is 14.1. The Morgan fingerprint density at radius 2 is 2.03 bits per heavy atom. The molecule has 10 nitrogen and oxygen atoms in total. The van der Waals surface area contributed by atoms with Crippen molar-refractivity contribution in [2.45, 2.75) is 52.0 Å². The molecule has 0 bridgehead atoms. The minimum absolute atomic E-state index is 0.0485. The summed E-state index contributed by atoms with van der Waals surface area (Å²) < 4.78 is 4.45. The molecular weight excluding hydrogens is 384 g/mol. The number of anilines is 1. The second-order valence-electron chi connectivity index (χ2n) is 8.04. The van der Waals surface area contributed by atoms with Crippen molar-refractivity contribution in [1.29, 1.82) is 0 Å². The fraction of sp³-hybridized carbons (Fsp3) is 0.400. The van der Waals surface area contributed by atoms with E-state index in [-0.39, 0.29) is 23.9 Å². The minimum atomic E-state index is -0.346. The minimum Gasteiger partial charge on any atom is -0.323 e. The van der Waals surface area contributed by atoms with Gasteiger partial charge in [0, 0.05) is 11.8 Å². The van der Waals surface area contributed by atoms with Crippen LogP contribution in [0.25, 0.3) is 11.2 Å². The van der Waals surface area contributed by atoms with E-state index in [4.69, 9.17) is 0 Å². The van der Waals surface area contributed by atoms with E-state index in [9.17, 15) is 9.59 Å². The van der Waals surface area contributed by atoms with Gasteiger partial charge in [0.2, 0.25) is 5.91 Å². The molecule has 1 N–H and O–H groups in total. The van der Waals surface area contributed by atoms with Crippen LogP contribution in [0.4, 0.5) is 5.69 Å². The van der Waals surface area contributed by atoms with Gasteiger partial charge in [-0.3, -0.25) is 9.59 Å². The predicted molar refractivity (Wildman–Crippen MR) is 110 cm³/mol. The van der Waals surface area contributed by atoms with Crippen LogP contribution in [0.5, 0.6) is 0 Å². The quantitative estimate of drug-likeness (QED) is 0.542. The number of hydrogen-bond acceptors (Lipinski definition) is 6. The zero-order valence-electron chi connectivity index (χ0n) is 17.0. The summed E-state index contributed by atoms with van der Waals surface area (Å²) in [5, 5.41) is 16.1. The van der Waals surface area contributed by atoms with Crippen LogP contribution in [0.1, 0.15) is 55.9 Å². The van der Waals surface area contributed by atoms with E-state index in [1.807, 2.05) is 19.9 Å². The molecule has 154 valence electrons. The van der Waals surface area contributed by atoms with E-state index in [0.29, 0.717) is 34.4 Å². The molecule has 0 atom stereocenters. The molecule has 0 aliphatic heterocycles. The number of nitrogens with one attached hydrogen (secondary N) is 1. The maximum Gasteiger partial charge on any atom is 0.293 e. The molecule has 30 heavy (non-hydrogen) atoms. The van der Waals surface area contributed by atoms with E-state index < -0.39 is 0 Å². The molecule has 4 heterocycles. The molecular formula is C20H22N8O2. The average Bonchev–Trinajstić information content (AvgIpc) is 3.33. The molecule has 1 fully saturated rings. The number of rotatable bonds is 5. The third-order valence-electron chi connectivity index (χ3n) is 5.15. The first-order valence-corrected chi connectivity index (χ1v) is 10.0. The second kappa shape index (κ2) is 6.75. The maximum absolute atomic E-state index is 13.0. The molecule has 0 saturated heterocycles. The summed E-state index contributed by atoms with van der Waals surface area (Å²) in [6.45, 7) is 5.60. The van der Waals surface area contributed by atoms with E-state index in [1.165, 1.54) is 4.68 Å². The van der Waals surface area contributed by atoms with Gasteiger partial charge in [0.05, 0.1) is 17.6 Å². The van der Waals surface area contributed by atoms with Gasteiger partial charge in [-0.25, -0.2) is 18.7 Å². The van der Waals surface area contributed by atoms with Crippen molar-refractivity contribution in [1.82, 2.24) is 34.0 Å². The second-order valence-corrected chi connectivity index (χ2v) is 8.04. The van der Waals surface area contributed by atoms with Gasteiger partial charge in [-0.15, -0.1) is 0 Å². The Morgan fingerprint density at radius 3 is 2.77 bits per heavy atom. The fourth-order valence-corrected chi connectivity index (χ4v) is 3.52. The Bertz CT molecular complexity index is 1340. The molecule has 4 aromatic rings. The summed E-state index contributed by atoms with van der Waals surface area (Å²) >= 11 is 0. The molecule has 1 amide bonds. The van der Waals surface area contributed by atoms with Crippen LogP contribution in [0.3, 0.4) is 0 Å². The van der Waals surface area contributed by atoms with Crippen molar-refractivity contribution in [3.8, 4) is 0 Å². The Hall–Kier alpha value is -3.56. The highest BCUT2D eigenvalue weighted by Gasteiger charge is 2.28. The summed E-state index contributed by atoms with van der Waals surface area (Å²) in [4.78, 5) is 29.9. The molecule has 0 spiro atoms. The van der Waals surface area contributed by atoms with Crippen LogP contribution in [-0.2, 0) is 11.3 Å². The van der Waals surface area contributed by atoms with Crippen LogP contribution in [0.2, 0.25) is 0 Å². The number of nitrogens with zero attached hydrogens (tertiary/aromatic N) is 7. The molecule has 0 unspecified atom stereocenters. The van der Waals surface area contributed by atoms with Crippen LogP contribution < -0.4 is 10.9 Å². The van der Waals surface area contributed by atoms with Gasteiger partial charge in [-0.2, -0.15) is 15.3 Å². The molecule has 0 radical (unpaired) electrons. The Morgan fingerprint density at radius 1 is 1.23 bits per heavy atom. The van der Waals surface area contributed by atoms with Crippen molar-refractivity contribution in [2.24, 2.45) is 0 Å². The van der Waals surface area contributed by atoms with Crippen molar-refractivity contribution in [2.75, 3.05) is 5.32 Å². The van der Waals surface area contributed by atoms with Gasteiger partial charge in [-0.05, 0) is 38.0 Å². The number of carbonyl (C=O) groups is 1. The number of fused-ring (bicyclic) bond motifs is 2. The summed E-state index contributed by atoms with van der Waals surface area (Å²) in [6.07, 6.45) is 3.88. The molecule has 4 aromatic heterocycles. The summed E-state index contributed by atoms with van der Waals surface area (Å²) in [5.41, 5.74) is 2.33. The third kappa shape index (κ3) is 3.23. The summed E-state index contributed by atoms with van der Waals surface area (Å²) in [5.74, 6) is 1.43. The first-order valence-electron chi connectivity index (χ1n) is 10.0. The molecule has 5 rings (SSSR count). The smallest absolute Gasteiger partial charge is 0.293 e. The molecule has 1 saturated carbocycles. The standard InChI is InChI=1S/C20H22N8O2/c1-11(2)19-25-27(20(30)16-8-15(13-4-5-13)24-28(16)19)10-18(29)22-14-6-7-17-21-12(3)23-26(17)9-14/h6-9,11,13H,4-5,10H2,1-3H3,(H,22,29). The number of carbonyl (C=O) groups excluding carboxylic acids is 1. The first kappa shape index (κ1) is 18.5. The lowest BCUT2D eigenvalue weighted by Gasteiger charge is -2.12. The van der Waals surface area contributed by atoms with Gasteiger partial charge in [0.25, 0.3) is 5.56 Å². The third-order valence-corrected chi connectivity index (χ3v) is 5.15. The topological polar surface area (TPSA) is 111 Å². The fourth-order valence-electron chi connectivity index (χ4n) is 3.52. The highest BCUT2D eigenvalue weighted by molar-refractivity contribution is 5.90. The van der Waals surface area contributed by atoms with Gasteiger partial charge in [0.1, 0.15) is 17.9 Å². The average molecular weight is 406 g/mol. The lowest BCUT2D eigenvalue weighted by molar-refractivity contribution is -0.117. The van der Waals surface area contributed by atoms with Crippen molar-refractivity contribution >= 4 is 22.8 Å². The molecule has 0 aromatic carbocycles. The number of pyridine rings is 1. The largest absolute Gasteiger partial charge is 0.323 e. The zero-order chi connectivity index (χ0) is 21.0. The lowest BCUT2D eigenvalue weighted by Crippen LogP contribution is -2.32. The first-order chi connectivity index (χ1) is 14.4.